The van der Waals surface area contributed by atoms with Crippen molar-refractivity contribution in [2.75, 3.05) is 6.61 Å². The molecule has 0 saturated carbocycles. The van der Waals surface area contributed by atoms with E-state index >= 15 is 0 Å². The fraction of sp³-hybridized carbons (Fsp3) is 0.455. The minimum absolute atomic E-state index is 0.104. The Morgan fingerprint density at radius 3 is 2.79 bits per heavy atom. The van der Waals surface area contributed by atoms with Crippen LogP contribution in [0.3, 0.4) is 0 Å². The van der Waals surface area contributed by atoms with Gasteiger partial charge in [0.05, 0.1) is 6.61 Å². The maximum atomic E-state index is 8.83. The van der Waals surface area contributed by atoms with Crippen LogP contribution in [0.2, 0.25) is 5.02 Å². The van der Waals surface area contributed by atoms with Gasteiger partial charge in [0, 0.05) is 17.6 Å². The Labute approximate surface area is 89.9 Å². The van der Waals surface area contributed by atoms with Gasteiger partial charge in [-0.1, -0.05) is 23.7 Å². The molecule has 78 valence electrons. The lowest BCUT2D eigenvalue weighted by Gasteiger charge is -2.11. The van der Waals surface area contributed by atoms with Crippen LogP contribution in [0.5, 0.6) is 0 Å². The molecule has 2 nitrogen and oxygen atoms in total. The number of benzene rings is 1. The molecule has 2 N–H and O–H groups in total. The van der Waals surface area contributed by atoms with E-state index in [0.29, 0.717) is 6.54 Å². The van der Waals surface area contributed by atoms with Crippen LogP contribution in [-0.2, 0) is 6.54 Å². The summed E-state index contributed by atoms with van der Waals surface area (Å²) in [6, 6.07) is 6.09. The van der Waals surface area contributed by atoms with Gasteiger partial charge in [-0.3, -0.25) is 0 Å². The quantitative estimate of drug-likeness (QED) is 0.803. The van der Waals surface area contributed by atoms with Crippen molar-refractivity contribution in [2.24, 2.45) is 0 Å². The van der Waals surface area contributed by atoms with Crippen LogP contribution in [0.15, 0.2) is 18.2 Å². The maximum Gasteiger partial charge on any atom is 0.0582 e. The number of aryl methyl sites for hydroxylation is 1. The fourth-order valence-corrected chi connectivity index (χ4v) is 1.45. The molecule has 0 spiro atoms. The highest BCUT2D eigenvalue weighted by Gasteiger charge is 2.02. The van der Waals surface area contributed by atoms with Gasteiger partial charge < -0.3 is 10.4 Å². The van der Waals surface area contributed by atoms with Crippen LogP contribution in [0.1, 0.15) is 18.1 Å². The maximum absolute atomic E-state index is 8.83. The molecule has 1 rings (SSSR count). The molecule has 0 radical (unpaired) electrons. The van der Waals surface area contributed by atoms with E-state index < -0.39 is 0 Å². The highest BCUT2D eigenvalue weighted by molar-refractivity contribution is 6.31. The molecule has 0 aliphatic rings. The molecule has 0 saturated heterocycles. The number of nitrogens with one attached hydrogen (secondary N) is 1. The second-order valence-electron chi connectivity index (χ2n) is 3.56. The highest BCUT2D eigenvalue weighted by Crippen LogP contribution is 2.17. The van der Waals surface area contributed by atoms with E-state index in [1.807, 2.05) is 32.0 Å². The lowest BCUT2D eigenvalue weighted by molar-refractivity contribution is 0.251. The SMILES string of the molecule is Cc1ccc(CNC(C)CO)c(Cl)c1. The second kappa shape index (κ2) is 5.35. The summed E-state index contributed by atoms with van der Waals surface area (Å²) in [5.41, 5.74) is 2.23. The first kappa shape index (κ1) is 11.5. The van der Waals surface area contributed by atoms with Gasteiger partial charge in [0.25, 0.3) is 0 Å². The molecule has 0 bridgehead atoms. The van der Waals surface area contributed by atoms with Crippen LogP contribution >= 0.6 is 11.6 Å². The van der Waals surface area contributed by atoms with Crippen molar-refractivity contribution in [1.29, 1.82) is 0 Å². The van der Waals surface area contributed by atoms with Crippen LogP contribution in [-0.4, -0.2) is 17.8 Å². The first-order chi connectivity index (χ1) is 6.63. The predicted molar refractivity (Wildman–Crippen MR) is 59.6 cm³/mol. The van der Waals surface area contributed by atoms with E-state index in [2.05, 4.69) is 5.32 Å². The Balaban J connectivity index is 2.59. The summed E-state index contributed by atoms with van der Waals surface area (Å²) < 4.78 is 0. The molecule has 14 heavy (non-hydrogen) atoms. The largest absolute Gasteiger partial charge is 0.395 e. The summed E-state index contributed by atoms with van der Waals surface area (Å²) in [6.45, 7) is 4.78. The van der Waals surface area contributed by atoms with Gasteiger partial charge in [0.15, 0.2) is 0 Å². The molecule has 0 amide bonds. The average Bonchev–Trinajstić information content (AvgIpc) is 2.16. The van der Waals surface area contributed by atoms with Crippen molar-refractivity contribution >= 4 is 11.6 Å². The standard InChI is InChI=1S/C11H16ClNO/c1-8-3-4-10(11(12)5-8)6-13-9(2)7-14/h3-5,9,13-14H,6-7H2,1-2H3. The predicted octanol–water partition coefficient (Wildman–Crippen LogP) is 2.12. The van der Waals surface area contributed by atoms with E-state index in [-0.39, 0.29) is 12.6 Å². The molecular weight excluding hydrogens is 198 g/mol. The third kappa shape index (κ3) is 3.29. The summed E-state index contributed by atoms with van der Waals surface area (Å²) >= 11 is 6.05. The summed E-state index contributed by atoms with van der Waals surface area (Å²) in [5, 5.41) is 12.8. The van der Waals surface area contributed by atoms with Gasteiger partial charge in [-0.2, -0.15) is 0 Å². The lowest BCUT2D eigenvalue weighted by Crippen LogP contribution is -2.28. The fourth-order valence-electron chi connectivity index (χ4n) is 1.14. The number of halogens is 1. The van der Waals surface area contributed by atoms with Crippen LogP contribution in [0.25, 0.3) is 0 Å². The van der Waals surface area contributed by atoms with Gasteiger partial charge in [0.1, 0.15) is 0 Å². The van der Waals surface area contributed by atoms with Crippen LogP contribution < -0.4 is 5.32 Å². The highest BCUT2D eigenvalue weighted by atomic mass is 35.5. The smallest absolute Gasteiger partial charge is 0.0582 e. The number of aliphatic hydroxyl groups is 1. The molecule has 1 unspecified atom stereocenters. The molecular formula is C11H16ClNO. The Hall–Kier alpha value is -0.570. The summed E-state index contributed by atoms with van der Waals surface area (Å²) in [6.07, 6.45) is 0. The Bertz CT molecular complexity index is 301. The third-order valence-corrected chi connectivity index (χ3v) is 2.48. The van der Waals surface area contributed by atoms with E-state index in [4.69, 9.17) is 16.7 Å². The summed E-state index contributed by atoms with van der Waals surface area (Å²) in [7, 11) is 0. The van der Waals surface area contributed by atoms with E-state index in [9.17, 15) is 0 Å². The molecule has 1 aromatic carbocycles. The average molecular weight is 214 g/mol. The van der Waals surface area contributed by atoms with Crippen LogP contribution in [0.4, 0.5) is 0 Å². The molecule has 0 aromatic heterocycles. The molecule has 0 aliphatic carbocycles. The van der Waals surface area contributed by atoms with Gasteiger partial charge in [-0.25, -0.2) is 0 Å². The summed E-state index contributed by atoms with van der Waals surface area (Å²) in [4.78, 5) is 0. The Morgan fingerprint density at radius 1 is 1.50 bits per heavy atom. The van der Waals surface area contributed by atoms with Gasteiger partial charge in [0.2, 0.25) is 0 Å². The minimum atomic E-state index is 0.104. The van der Waals surface area contributed by atoms with Crippen molar-refractivity contribution < 1.29 is 5.11 Å². The molecule has 1 aromatic rings. The van der Waals surface area contributed by atoms with Crippen molar-refractivity contribution in [2.45, 2.75) is 26.4 Å². The normalized spacial score (nSPS) is 12.9. The lowest BCUT2D eigenvalue weighted by atomic mass is 10.1. The van der Waals surface area contributed by atoms with Crippen LogP contribution in [0, 0.1) is 6.92 Å². The zero-order chi connectivity index (χ0) is 10.6. The van der Waals surface area contributed by atoms with Crippen molar-refractivity contribution in [3.63, 3.8) is 0 Å². The first-order valence-corrected chi connectivity index (χ1v) is 5.10. The number of rotatable bonds is 4. The number of aliphatic hydroxyl groups excluding tert-OH is 1. The monoisotopic (exact) mass is 213 g/mol. The summed E-state index contributed by atoms with van der Waals surface area (Å²) in [5.74, 6) is 0. The minimum Gasteiger partial charge on any atom is -0.395 e. The van der Waals surface area contributed by atoms with Crippen molar-refractivity contribution in [3.8, 4) is 0 Å². The van der Waals surface area contributed by atoms with E-state index in [1.165, 1.54) is 0 Å². The number of hydrogen-bond donors (Lipinski definition) is 2. The van der Waals surface area contributed by atoms with Crippen molar-refractivity contribution in [1.82, 2.24) is 5.32 Å². The zero-order valence-electron chi connectivity index (χ0n) is 8.55. The van der Waals surface area contributed by atoms with E-state index in [1.54, 1.807) is 0 Å². The molecule has 1 atom stereocenters. The van der Waals surface area contributed by atoms with E-state index in [0.717, 1.165) is 16.1 Å². The molecule has 0 heterocycles. The second-order valence-corrected chi connectivity index (χ2v) is 3.97. The topological polar surface area (TPSA) is 32.3 Å². The Kier molecular flexibility index (Phi) is 4.39. The molecule has 0 fully saturated rings. The van der Waals surface area contributed by atoms with Gasteiger partial charge in [-0.05, 0) is 31.0 Å². The molecule has 3 heteroatoms. The van der Waals surface area contributed by atoms with Crippen molar-refractivity contribution in [3.05, 3.63) is 34.3 Å². The van der Waals surface area contributed by atoms with Gasteiger partial charge >= 0.3 is 0 Å². The van der Waals surface area contributed by atoms with Gasteiger partial charge in [-0.15, -0.1) is 0 Å². The Morgan fingerprint density at radius 2 is 2.21 bits per heavy atom. The zero-order valence-corrected chi connectivity index (χ0v) is 9.30. The molecule has 0 aliphatic heterocycles. The third-order valence-electron chi connectivity index (χ3n) is 2.12. The number of hydrogen-bond acceptors (Lipinski definition) is 2. The first-order valence-electron chi connectivity index (χ1n) is 4.72.